The highest BCUT2D eigenvalue weighted by atomic mass is 14.4. The van der Waals surface area contributed by atoms with Gasteiger partial charge in [0, 0.05) is 0 Å². The van der Waals surface area contributed by atoms with Crippen molar-refractivity contribution in [3.63, 3.8) is 0 Å². The SMILES string of the molecule is C=C(C)[C@@H]1CCC2=CC=C[C@@H](C)[C@]2(C)C1. The number of rotatable bonds is 1. The van der Waals surface area contributed by atoms with Crippen molar-refractivity contribution < 1.29 is 0 Å². The van der Waals surface area contributed by atoms with E-state index in [1.807, 2.05) is 0 Å². The molecule has 0 bridgehead atoms. The second-order valence-electron chi connectivity index (χ2n) is 5.57. The maximum atomic E-state index is 4.14. The Labute approximate surface area is 93.8 Å². The van der Waals surface area contributed by atoms with Gasteiger partial charge in [0.2, 0.25) is 0 Å². The van der Waals surface area contributed by atoms with Crippen molar-refractivity contribution in [1.29, 1.82) is 0 Å². The number of hydrogen-bond donors (Lipinski definition) is 0. The Morgan fingerprint density at radius 1 is 1.53 bits per heavy atom. The molecule has 2 aliphatic carbocycles. The van der Waals surface area contributed by atoms with Crippen molar-refractivity contribution in [3.8, 4) is 0 Å². The first-order valence-electron chi connectivity index (χ1n) is 6.07. The zero-order chi connectivity index (χ0) is 11.1. The monoisotopic (exact) mass is 202 g/mol. The van der Waals surface area contributed by atoms with Crippen molar-refractivity contribution in [3.05, 3.63) is 36.0 Å². The van der Waals surface area contributed by atoms with Crippen LogP contribution in [0, 0.1) is 17.3 Å². The second kappa shape index (κ2) is 3.66. The van der Waals surface area contributed by atoms with Crippen LogP contribution in [0.5, 0.6) is 0 Å². The van der Waals surface area contributed by atoms with Crippen LogP contribution in [0.4, 0.5) is 0 Å². The van der Waals surface area contributed by atoms with Gasteiger partial charge in [0.15, 0.2) is 0 Å². The van der Waals surface area contributed by atoms with Gasteiger partial charge in [0.25, 0.3) is 0 Å². The number of allylic oxidation sites excluding steroid dienone is 5. The summed E-state index contributed by atoms with van der Waals surface area (Å²) in [5, 5.41) is 0. The molecule has 2 aliphatic rings. The molecule has 15 heavy (non-hydrogen) atoms. The molecule has 0 heteroatoms. The van der Waals surface area contributed by atoms with E-state index in [2.05, 4.69) is 45.6 Å². The summed E-state index contributed by atoms with van der Waals surface area (Å²) >= 11 is 0. The molecule has 2 rings (SSSR count). The quantitative estimate of drug-likeness (QED) is 0.549. The summed E-state index contributed by atoms with van der Waals surface area (Å²) in [5.41, 5.74) is 3.43. The summed E-state index contributed by atoms with van der Waals surface area (Å²) < 4.78 is 0. The lowest BCUT2D eigenvalue weighted by molar-refractivity contribution is 0.197. The molecule has 0 aliphatic heterocycles. The van der Waals surface area contributed by atoms with E-state index >= 15 is 0 Å². The van der Waals surface area contributed by atoms with E-state index in [0.29, 0.717) is 11.3 Å². The van der Waals surface area contributed by atoms with Crippen molar-refractivity contribution >= 4 is 0 Å². The Morgan fingerprint density at radius 2 is 2.27 bits per heavy atom. The van der Waals surface area contributed by atoms with Crippen LogP contribution in [-0.2, 0) is 0 Å². The minimum absolute atomic E-state index is 0.399. The topological polar surface area (TPSA) is 0 Å². The fourth-order valence-corrected chi connectivity index (χ4v) is 3.08. The summed E-state index contributed by atoms with van der Waals surface area (Å²) in [4.78, 5) is 0. The van der Waals surface area contributed by atoms with E-state index in [4.69, 9.17) is 0 Å². The van der Waals surface area contributed by atoms with Crippen molar-refractivity contribution in [1.82, 2.24) is 0 Å². The van der Waals surface area contributed by atoms with Gasteiger partial charge in [-0.25, -0.2) is 0 Å². The minimum atomic E-state index is 0.399. The maximum Gasteiger partial charge on any atom is -0.00474 e. The molecule has 1 saturated carbocycles. The zero-order valence-electron chi connectivity index (χ0n) is 10.2. The Kier molecular flexibility index (Phi) is 2.62. The van der Waals surface area contributed by atoms with E-state index < -0.39 is 0 Å². The van der Waals surface area contributed by atoms with E-state index in [9.17, 15) is 0 Å². The Bertz CT molecular complexity index is 332. The van der Waals surface area contributed by atoms with E-state index in [-0.39, 0.29) is 0 Å². The van der Waals surface area contributed by atoms with Crippen molar-refractivity contribution in [2.24, 2.45) is 17.3 Å². The fourth-order valence-electron chi connectivity index (χ4n) is 3.08. The summed E-state index contributed by atoms with van der Waals surface area (Å²) in [6.07, 6.45) is 10.8. The van der Waals surface area contributed by atoms with Gasteiger partial charge in [-0.3, -0.25) is 0 Å². The zero-order valence-corrected chi connectivity index (χ0v) is 10.2. The van der Waals surface area contributed by atoms with E-state index in [1.165, 1.54) is 24.8 Å². The normalized spacial score (nSPS) is 39.5. The van der Waals surface area contributed by atoms with E-state index in [1.54, 1.807) is 5.57 Å². The molecule has 0 N–H and O–H groups in total. The lowest BCUT2D eigenvalue weighted by Gasteiger charge is -2.45. The first kappa shape index (κ1) is 10.7. The van der Waals surface area contributed by atoms with Gasteiger partial charge in [0.1, 0.15) is 0 Å². The Balaban J connectivity index is 2.26. The predicted octanol–water partition coefficient (Wildman–Crippen LogP) is 4.50. The van der Waals surface area contributed by atoms with Gasteiger partial charge in [-0.05, 0) is 43.4 Å². The Morgan fingerprint density at radius 3 is 2.93 bits per heavy atom. The summed E-state index contributed by atoms with van der Waals surface area (Å²) in [5.74, 6) is 1.42. The van der Waals surface area contributed by atoms with Crippen LogP contribution in [0.25, 0.3) is 0 Å². The highest BCUT2D eigenvalue weighted by Gasteiger charge is 2.40. The van der Waals surface area contributed by atoms with Gasteiger partial charge >= 0.3 is 0 Å². The summed E-state index contributed by atoms with van der Waals surface area (Å²) in [6.45, 7) is 11.1. The van der Waals surface area contributed by atoms with Crippen molar-refractivity contribution in [2.75, 3.05) is 0 Å². The lowest BCUT2D eigenvalue weighted by atomic mass is 9.59. The molecule has 3 atom stereocenters. The largest absolute Gasteiger partial charge is 0.0999 e. The van der Waals surface area contributed by atoms with Gasteiger partial charge in [-0.15, -0.1) is 0 Å². The van der Waals surface area contributed by atoms with Crippen LogP contribution < -0.4 is 0 Å². The molecule has 0 nitrogen and oxygen atoms in total. The standard InChI is InChI=1S/C15H22/c1-11(2)13-8-9-14-7-5-6-12(3)15(14,4)10-13/h5-7,12-13H,1,8-10H2,2-4H3/t12-,13-,15+/m1/s1. The number of fused-ring (bicyclic) bond motifs is 1. The van der Waals surface area contributed by atoms with Crippen LogP contribution in [0.3, 0.4) is 0 Å². The predicted molar refractivity (Wildman–Crippen MR) is 66.6 cm³/mol. The third kappa shape index (κ3) is 1.71. The third-order valence-corrected chi connectivity index (χ3v) is 4.57. The molecule has 1 fully saturated rings. The first-order chi connectivity index (χ1) is 7.04. The molecule has 0 amide bonds. The Hall–Kier alpha value is -0.780. The van der Waals surface area contributed by atoms with Crippen LogP contribution in [0.1, 0.15) is 40.0 Å². The average molecular weight is 202 g/mol. The minimum Gasteiger partial charge on any atom is -0.0999 e. The van der Waals surface area contributed by atoms with Gasteiger partial charge in [-0.1, -0.05) is 49.8 Å². The molecule has 0 spiro atoms. The first-order valence-corrected chi connectivity index (χ1v) is 6.07. The third-order valence-electron chi connectivity index (χ3n) is 4.57. The van der Waals surface area contributed by atoms with Crippen LogP contribution >= 0.6 is 0 Å². The molecule has 0 aromatic heterocycles. The highest BCUT2D eigenvalue weighted by Crippen LogP contribution is 2.51. The lowest BCUT2D eigenvalue weighted by Crippen LogP contribution is -2.35. The molecule has 0 heterocycles. The maximum absolute atomic E-state index is 4.14. The van der Waals surface area contributed by atoms with Crippen LogP contribution in [-0.4, -0.2) is 0 Å². The van der Waals surface area contributed by atoms with Gasteiger partial charge < -0.3 is 0 Å². The fraction of sp³-hybridized carbons (Fsp3) is 0.600. The smallest absolute Gasteiger partial charge is 0.00474 e. The second-order valence-corrected chi connectivity index (χ2v) is 5.57. The molecular weight excluding hydrogens is 180 g/mol. The summed E-state index contributed by atoms with van der Waals surface area (Å²) in [7, 11) is 0. The van der Waals surface area contributed by atoms with Crippen LogP contribution in [0.2, 0.25) is 0 Å². The van der Waals surface area contributed by atoms with Crippen LogP contribution in [0.15, 0.2) is 36.0 Å². The molecule has 0 aromatic carbocycles. The van der Waals surface area contributed by atoms with Crippen molar-refractivity contribution in [2.45, 2.75) is 40.0 Å². The van der Waals surface area contributed by atoms with Gasteiger partial charge in [0.05, 0.1) is 0 Å². The molecule has 0 aromatic rings. The molecule has 0 saturated heterocycles. The molecular formula is C15H22. The van der Waals surface area contributed by atoms with Gasteiger partial charge in [-0.2, -0.15) is 0 Å². The highest BCUT2D eigenvalue weighted by molar-refractivity contribution is 5.30. The number of hydrogen-bond acceptors (Lipinski definition) is 0. The summed E-state index contributed by atoms with van der Waals surface area (Å²) in [6, 6.07) is 0. The average Bonchev–Trinajstić information content (AvgIpc) is 2.19. The molecule has 82 valence electrons. The molecule has 0 radical (unpaired) electrons. The van der Waals surface area contributed by atoms with E-state index in [0.717, 1.165) is 5.92 Å². The molecule has 0 unspecified atom stereocenters.